The molecule has 3 aromatic carbocycles. The maximum absolute atomic E-state index is 13.1. The van der Waals surface area contributed by atoms with Crippen molar-refractivity contribution in [3.05, 3.63) is 109 Å². The third-order valence-electron chi connectivity index (χ3n) is 5.38. The summed E-state index contributed by atoms with van der Waals surface area (Å²) in [5.74, 6) is 1.28. The lowest BCUT2D eigenvalue weighted by Gasteiger charge is -2.09. The Labute approximate surface area is 210 Å². The number of halogens is 1. The molecular weight excluding hydrogens is 512 g/mol. The normalized spacial score (nSPS) is 11.3. The number of rotatable bonds is 9. The largest absolute Gasteiger partial charge is 0.489 e. The minimum absolute atomic E-state index is 0.0450. The molecule has 0 spiro atoms. The molecule has 0 aliphatic rings. The summed E-state index contributed by atoms with van der Waals surface area (Å²) in [6.45, 7) is 2.38. The predicted molar refractivity (Wildman–Crippen MR) is 139 cm³/mol. The molecule has 0 amide bonds. The molecule has 4 aromatic rings. The average molecular weight is 535 g/mol. The molecule has 9 heteroatoms. The van der Waals surface area contributed by atoms with Gasteiger partial charge in [0.2, 0.25) is 0 Å². The molecule has 35 heavy (non-hydrogen) atoms. The lowest BCUT2D eigenvalue weighted by Crippen LogP contribution is -2.22. The number of nitrogens with zero attached hydrogens (tertiary/aromatic N) is 4. The number of ether oxygens (including phenoxy) is 1. The van der Waals surface area contributed by atoms with E-state index >= 15 is 0 Å². The van der Waals surface area contributed by atoms with Gasteiger partial charge in [0.25, 0.3) is 11.2 Å². The van der Waals surface area contributed by atoms with E-state index < -0.39 is 4.92 Å². The molecule has 0 aliphatic carbocycles. The number of non-ortho nitro benzene ring substituents is 1. The van der Waals surface area contributed by atoms with Gasteiger partial charge in [0.1, 0.15) is 18.2 Å². The van der Waals surface area contributed by atoms with Gasteiger partial charge >= 0.3 is 0 Å². The van der Waals surface area contributed by atoms with Crippen molar-refractivity contribution in [3.63, 3.8) is 0 Å². The molecule has 0 saturated carbocycles. The third-order valence-corrected chi connectivity index (χ3v) is 5.88. The first-order valence-electron chi connectivity index (χ1n) is 11.2. The molecule has 0 bridgehead atoms. The van der Waals surface area contributed by atoms with E-state index in [1.165, 1.54) is 16.8 Å². The van der Waals surface area contributed by atoms with Gasteiger partial charge in [-0.3, -0.25) is 14.9 Å². The molecule has 0 aliphatic heterocycles. The van der Waals surface area contributed by atoms with Gasteiger partial charge in [0.15, 0.2) is 0 Å². The van der Waals surface area contributed by atoms with Crippen molar-refractivity contribution in [2.24, 2.45) is 5.10 Å². The van der Waals surface area contributed by atoms with E-state index in [9.17, 15) is 14.9 Å². The molecular formula is C26H23BrN4O4. The van der Waals surface area contributed by atoms with Crippen molar-refractivity contribution < 1.29 is 9.66 Å². The number of nitro benzene ring substituents is 1. The highest BCUT2D eigenvalue weighted by Gasteiger charge is 2.11. The van der Waals surface area contributed by atoms with Gasteiger partial charge in [-0.05, 0) is 72.1 Å². The van der Waals surface area contributed by atoms with Gasteiger partial charge in [-0.25, -0.2) is 4.98 Å². The minimum atomic E-state index is -0.432. The summed E-state index contributed by atoms with van der Waals surface area (Å²) in [4.78, 5) is 28.2. The summed E-state index contributed by atoms with van der Waals surface area (Å²) < 4.78 is 7.96. The van der Waals surface area contributed by atoms with Crippen LogP contribution in [0.4, 0.5) is 5.69 Å². The molecule has 8 nitrogen and oxygen atoms in total. The Morgan fingerprint density at radius 1 is 1.11 bits per heavy atom. The second-order valence-electron chi connectivity index (χ2n) is 7.94. The summed E-state index contributed by atoms with van der Waals surface area (Å²) in [6, 6.07) is 19.0. The first kappa shape index (κ1) is 24.3. The predicted octanol–water partition coefficient (Wildman–Crippen LogP) is 5.87. The van der Waals surface area contributed by atoms with Crippen LogP contribution in [0.15, 0.2) is 81.1 Å². The van der Waals surface area contributed by atoms with Gasteiger partial charge in [-0.2, -0.15) is 9.78 Å². The monoisotopic (exact) mass is 534 g/mol. The number of fused-ring (bicyclic) bond motifs is 1. The van der Waals surface area contributed by atoms with Crippen LogP contribution in [0.5, 0.6) is 5.75 Å². The zero-order chi connectivity index (χ0) is 24.8. The van der Waals surface area contributed by atoms with Crippen LogP contribution in [0, 0.1) is 10.1 Å². The van der Waals surface area contributed by atoms with Crippen LogP contribution in [0.1, 0.15) is 36.7 Å². The number of benzene rings is 3. The van der Waals surface area contributed by atoms with Gasteiger partial charge in [-0.15, -0.1) is 0 Å². The van der Waals surface area contributed by atoms with Gasteiger partial charge < -0.3 is 4.74 Å². The zero-order valence-electron chi connectivity index (χ0n) is 19.1. The zero-order valence-corrected chi connectivity index (χ0v) is 20.6. The molecule has 0 unspecified atom stereocenters. The summed E-state index contributed by atoms with van der Waals surface area (Å²) in [5.41, 5.74) is 2.13. The van der Waals surface area contributed by atoms with Crippen molar-refractivity contribution in [1.82, 2.24) is 9.66 Å². The molecule has 1 heterocycles. The molecule has 0 N–H and O–H groups in total. The summed E-state index contributed by atoms with van der Waals surface area (Å²) >= 11 is 3.42. The van der Waals surface area contributed by atoms with Crippen molar-refractivity contribution in [1.29, 1.82) is 0 Å². The summed E-state index contributed by atoms with van der Waals surface area (Å²) in [5, 5.41) is 15.7. The van der Waals surface area contributed by atoms with Crippen molar-refractivity contribution in [2.75, 3.05) is 0 Å². The van der Waals surface area contributed by atoms with Gasteiger partial charge in [0.05, 0.1) is 22.0 Å². The Kier molecular flexibility index (Phi) is 7.67. The molecule has 0 saturated heterocycles. The van der Waals surface area contributed by atoms with E-state index in [2.05, 4.69) is 32.9 Å². The SMILES string of the molecule is CCCCc1nc2ccc(Br)cc2c(=O)n1N=Cc1ccc(OCc2ccc([N+](=O)[O-])cc2)cc1. The molecule has 0 fully saturated rings. The van der Waals surface area contributed by atoms with Crippen LogP contribution in [0.25, 0.3) is 10.9 Å². The lowest BCUT2D eigenvalue weighted by molar-refractivity contribution is -0.384. The Bertz CT molecular complexity index is 1430. The van der Waals surface area contributed by atoms with E-state index in [0.29, 0.717) is 35.5 Å². The molecule has 1 aromatic heterocycles. The molecule has 4 rings (SSSR count). The average Bonchev–Trinajstić information content (AvgIpc) is 2.87. The van der Waals surface area contributed by atoms with Crippen LogP contribution in [-0.4, -0.2) is 20.8 Å². The summed E-state index contributed by atoms with van der Waals surface area (Å²) in [7, 11) is 0. The second kappa shape index (κ2) is 11.1. The fraction of sp³-hybridized carbons (Fsp3) is 0.192. The van der Waals surface area contributed by atoms with Crippen LogP contribution < -0.4 is 10.3 Å². The van der Waals surface area contributed by atoms with E-state index in [1.807, 2.05) is 36.4 Å². The number of aromatic nitrogens is 2. The van der Waals surface area contributed by atoms with Crippen LogP contribution >= 0.6 is 15.9 Å². The fourth-order valence-corrected chi connectivity index (χ4v) is 3.83. The Balaban J connectivity index is 1.51. The highest BCUT2D eigenvalue weighted by atomic mass is 79.9. The van der Waals surface area contributed by atoms with Crippen LogP contribution in [0.3, 0.4) is 0 Å². The smallest absolute Gasteiger partial charge is 0.282 e. The lowest BCUT2D eigenvalue weighted by atomic mass is 10.2. The minimum Gasteiger partial charge on any atom is -0.489 e. The van der Waals surface area contributed by atoms with Crippen LogP contribution in [0.2, 0.25) is 0 Å². The number of aryl methyl sites for hydroxylation is 1. The molecule has 0 radical (unpaired) electrons. The van der Waals surface area contributed by atoms with Crippen molar-refractivity contribution >= 4 is 38.7 Å². The molecule has 178 valence electrons. The highest BCUT2D eigenvalue weighted by Crippen LogP contribution is 2.18. The van der Waals surface area contributed by atoms with Crippen LogP contribution in [-0.2, 0) is 13.0 Å². The van der Waals surface area contributed by atoms with Gasteiger partial charge in [0, 0.05) is 23.0 Å². The topological polar surface area (TPSA) is 99.6 Å². The quantitative estimate of drug-likeness (QED) is 0.152. The van der Waals surface area contributed by atoms with Crippen molar-refractivity contribution in [3.8, 4) is 5.75 Å². The fourth-order valence-electron chi connectivity index (χ4n) is 3.47. The van der Waals surface area contributed by atoms with E-state index in [-0.39, 0.29) is 11.2 Å². The first-order valence-corrected chi connectivity index (χ1v) is 12.0. The number of unbranched alkanes of at least 4 members (excludes halogenated alkanes) is 1. The Hall–Kier alpha value is -3.85. The standard InChI is InChI=1S/C26H23BrN4O4/c1-2-3-4-25-29-24-14-9-20(27)15-23(24)26(32)30(25)28-16-18-7-12-22(13-8-18)35-17-19-5-10-21(11-6-19)31(33)34/h5-16H,2-4,17H2,1H3. The van der Waals surface area contributed by atoms with E-state index in [1.54, 1.807) is 24.4 Å². The van der Waals surface area contributed by atoms with Gasteiger partial charge in [-0.1, -0.05) is 29.3 Å². The number of hydrogen-bond donors (Lipinski definition) is 0. The van der Waals surface area contributed by atoms with E-state index in [0.717, 1.165) is 28.4 Å². The maximum Gasteiger partial charge on any atom is 0.282 e. The Morgan fingerprint density at radius 2 is 1.86 bits per heavy atom. The van der Waals surface area contributed by atoms with E-state index in [4.69, 9.17) is 4.74 Å². The summed E-state index contributed by atoms with van der Waals surface area (Å²) in [6.07, 6.45) is 4.18. The van der Waals surface area contributed by atoms with Crippen molar-refractivity contribution in [2.45, 2.75) is 32.8 Å². The maximum atomic E-state index is 13.1. The Morgan fingerprint density at radius 3 is 2.54 bits per heavy atom. The number of hydrogen-bond acceptors (Lipinski definition) is 6. The second-order valence-corrected chi connectivity index (χ2v) is 8.85. The molecule has 0 atom stereocenters. The number of nitro groups is 1. The third kappa shape index (κ3) is 5.99. The first-order chi connectivity index (χ1) is 16.9. The highest BCUT2D eigenvalue weighted by molar-refractivity contribution is 9.10.